The lowest BCUT2D eigenvalue weighted by Gasteiger charge is -2.08. The van der Waals surface area contributed by atoms with Crippen molar-refractivity contribution in [2.75, 3.05) is 0 Å². The second-order valence-electron chi connectivity index (χ2n) is 5.27. The van der Waals surface area contributed by atoms with E-state index in [1.807, 2.05) is 6.92 Å². The van der Waals surface area contributed by atoms with Crippen LogP contribution in [0.4, 0.5) is 0 Å². The molecule has 0 N–H and O–H groups in total. The zero-order chi connectivity index (χ0) is 17.6. The summed E-state index contributed by atoms with van der Waals surface area (Å²) in [6.45, 7) is 3.72. The number of fused-ring (bicyclic) bond motifs is 1. The molecule has 3 aromatic rings. The van der Waals surface area contributed by atoms with E-state index in [1.54, 1.807) is 37.3 Å². The van der Waals surface area contributed by atoms with Gasteiger partial charge in [0.1, 0.15) is 11.3 Å². The Labute approximate surface area is 157 Å². The molecule has 0 fully saturated rings. The minimum atomic E-state index is -0.456. The molecule has 0 bridgehead atoms. The molecule has 5 heteroatoms. The Morgan fingerprint density at radius 1 is 1.30 bits per heavy atom. The highest BCUT2D eigenvalue weighted by Gasteiger charge is 2.25. The largest absolute Gasteiger partial charge is 0.459 e. The topological polar surface area (TPSA) is 30.2 Å². The molecular weight excluding hydrogens is 443 g/mol. The van der Waals surface area contributed by atoms with Gasteiger partial charge in [0.25, 0.3) is 0 Å². The van der Waals surface area contributed by atoms with Crippen LogP contribution in [0.2, 0.25) is 0 Å². The Morgan fingerprint density at radius 2 is 1.96 bits per heavy atom. The van der Waals surface area contributed by atoms with Crippen molar-refractivity contribution in [1.29, 1.82) is 0 Å². The van der Waals surface area contributed by atoms with E-state index in [1.165, 1.54) is 0 Å². The van der Waals surface area contributed by atoms with Gasteiger partial charge in [0, 0.05) is 19.9 Å². The van der Waals surface area contributed by atoms with E-state index in [-0.39, 0.29) is 5.78 Å². The average molecular weight is 458 g/mol. The molecule has 1 unspecified atom stereocenters. The number of halogens is 3. The molecule has 0 aliphatic rings. The Morgan fingerprint density at radius 3 is 2.57 bits per heavy atom. The number of rotatable bonds is 3. The number of furan rings is 1. The molecule has 0 radical (unpaired) electrons. The van der Waals surface area contributed by atoms with Gasteiger partial charge in [0.15, 0.2) is 5.78 Å². The minimum absolute atomic E-state index is 0.157. The van der Waals surface area contributed by atoms with Crippen molar-refractivity contribution in [3.05, 3.63) is 67.8 Å². The number of hydrogen-bond donors (Lipinski definition) is 0. The van der Waals surface area contributed by atoms with Crippen molar-refractivity contribution in [3.8, 4) is 0 Å². The lowest BCUT2D eigenvalue weighted by molar-refractivity contribution is 0.103. The maximum absolute atomic E-state index is 13.1. The summed E-state index contributed by atoms with van der Waals surface area (Å²) in [5, 5.41) is 0.217. The Kier molecular flexibility index (Phi) is 4.31. The predicted molar refractivity (Wildman–Crippen MR) is 100 cm³/mol. The molecule has 23 heavy (non-hydrogen) atoms. The van der Waals surface area contributed by atoms with Crippen LogP contribution in [0.1, 0.15) is 40.9 Å². The van der Waals surface area contributed by atoms with Crippen LogP contribution in [0, 0.1) is 6.92 Å². The summed E-state index contributed by atoms with van der Waals surface area (Å²) < 4.78 is 15.2. The summed E-state index contributed by atoms with van der Waals surface area (Å²) in [6, 6.07) is 8.87. The maximum Gasteiger partial charge on any atom is 0.197 e. The number of alkyl halides is 1. The first-order valence-electron chi connectivity index (χ1n) is 7.47. The number of hydrogen-bond acceptors (Lipinski definition) is 2. The quantitative estimate of drug-likeness (QED) is 0.320. The zero-order valence-electron chi connectivity index (χ0n) is 13.4. The van der Waals surface area contributed by atoms with Gasteiger partial charge in [-0.3, -0.25) is 4.79 Å². The van der Waals surface area contributed by atoms with Crippen molar-refractivity contribution < 1.29 is 10.6 Å². The zero-order valence-corrected chi connectivity index (χ0v) is 16.3. The standard InChI is InChI=1S/C18H13Br2ClO2/c1-9-13(19)7-11(8-14(9)20)17(22)16-12-5-3-4-6-15(12)23-18(16)10(2)21/h3-8,10H,1-2H3/i4D. The van der Waals surface area contributed by atoms with Crippen LogP contribution in [0.5, 0.6) is 0 Å². The van der Waals surface area contributed by atoms with Crippen LogP contribution >= 0.6 is 43.5 Å². The van der Waals surface area contributed by atoms with E-state index in [0.29, 0.717) is 33.9 Å². The van der Waals surface area contributed by atoms with Gasteiger partial charge in [-0.05, 0) is 37.6 Å². The molecule has 0 aliphatic carbocycles. The van der Waals surface area contributed by atoms with E-state index < -0.39 is 5.38 Å². The normalized spacial score (nSPS) is 13.2. The van der Waals surface area contributed by atoms with Crippen LogP contribution in [0.25, 0.3) is 11.0 Å². The number of ketones is 1. The molecule has 1 aromatic heterocycles. The van der Waals surface area contributed by atoms with Crippen molar-refractivity contribution in [3.63, 3.8) is 0 Å². The Balaban J connectivity index is 2.24. The maximum atomic E-state index is 13.1. The van der Waals surface area contributed by atoms with Gasteiger partial charge < -0.3 is 4.42 Å². The van der Waals surface area contributed by atoms with Gasteiger partial charge in [-0.25, -0.2) is 0 Å². The van der Waals surface area contributed by atoms with Gasteiger partial charge in [-0.2, -0.15) is 0 Å². The van der Waals surface area contributed by atoms with Crippen molar-refractivity contribution in [2.24, 2.45) is 0 Å². The molecule has 0 saturated carbocycles. The van der Waals surface area contributed by atoms with Crippen LogP contribution in [-0.4, -0.2) is 5.78 Å². The summed E-state index contributed by atoms with van der Waals surface area (Å²) in [5.74, 6) is 0.269. The van der Waals surface area contributed by atoms with Gasteiger partial charge in [0.2, 0.25) is 0 Å². The number of para-hydroxylation sites is 1. The molecular formula is C18H13Br2ClO2. The first kappa shape index (κ1) is 15.4. The third-order valence-electron chi connectivity index (χ3n) is 3.69. The van der Waals surface area contributed by atoms with Crippen LogP contribution in [0.3, 0.4) is 0 Å². The summed E-state index contributed by atoms with van der Waals surface area (Å²) in [6.07, 6.45) is 0. The molecule has 2 nitrogen and oxygen atoms in total. The summed E-state index contributed by atoms with van der Waals surface area (Å²) in [4.78, 5) is 13.1. The third-order valence-corrected chi connectivity index (χ3v) is 5.54. The van der Waals surface area contributed by atoms with Gasteiger partial charge in [-0.15, -0.1) is 11.6 Å². The minimum Gasteiger partial charge on any atom is -0.459 e. The SMILES string of the molecule is [2H]c1ccc2c(C(=O)c3cc(Br)c(C)c(Br)c3)c(C(C)Cl)oc2c1. The second-order valence-corrected chi connectivity index (χ2v) is 7.64. The monoisotopic (exact) mass is 455 g/mol. The fraction of sp³-hybridized carbons (Fsp3) is 0.167. The van der Waals surface area contributed by atoms with E-state index >= 15 is 0 Å². The molecule has 1 heterocycles. The highest BCUT2D eigenvalue weighted by molar-refractivity contribution is 9.11. The Hall–Kier alpha value is -1.10. The fourth-order valence-corrected chi connectivity index (χ4v) is 3.78. The molecule has 1 atom stereocenters. The Bertz CT molecular complexity index is 940. The van der Waals surface area contributed by atoms with Gasteiger partial charge in [0.05, 0.1) is 12.3 Å². The van der Waals surface area contributed by atoms with E-state index in [2.05, 4.69) is 31.9 Å². The predicted octanol–water partition coefficient (Wildman–Crippen LogP) is 6.80. The summed E-state index contributed by atoms with van der Waals surface area (Å²) >= 11 is 13.2. The van der Waals surface area contributed by atoms with Crippen molar-refractivity contribution in [1.82, 2.24) is 0 Å². The third kappa shape index (κ3) is 3.00. The first-order chi connectivity index (χ1) is 11.3. The van der Waals surface area contributed by atoms with Gasteiger partial charge in [-0.1, -0.05) is 50.0 Å². The molecule has 0 amide bonds. The first-order valence-corrected chi connectivity index (χ1v) is 8.99. The molecule has 0 aliphatic heterocycles. The summed E-state index contributed by atoms with van der Waals surface area (Å²) in [5.41, 5.74) is 2.51. The molecule has 0 spiro atoms. The van der Waals surface area contributed by atoms with Crippen molar-refractivity contribution in [2.45, 2.75) is 19.2 Å². The lowest BCUT2D eigenvalue weighted by atomic mass is 9.98. The van der Waals surface area contributed by atoms with Crippen LogP contribution in [0.15, 0.2) is 49.7 Å². The smallest absolute Gasteiger partial charge is 0.197 e. The van der Waals surface area contributed by atoms with Crippen LogP contribution < -0.4 is 0 Å². The van der Waals surface area contributed by atoms with Crippen molar-refractivity contribution >= 4 is 60.2 Å². The molecule has 2 aromatic carbocycles. The number of benzene rings is 2. The highest BCUT2D eigenvalue weighted by Crippen LogP contribution is 2.35. The van der Waals surface area contributed by atoms with E-state index in [9.17, 15) is 4.79 Å². The lowest BCUT2D eigenvalue weighted by Crippen LogP contribution is -2.05. The van der Waals surface area contributed by atoms with E-state index in [4.69, 9.17) is 17.4 Å². The number of carbonyl (C=O) groups excluding carboxylic acids is 1. The van der Waals surface area contributed by atoms with Gasteiger partial charge >= 0.3 is 0 Å². The fourth-order valence-electron chi connectivity index (χ4n) is 2.44. The number of carbonyl (C=O) groups is 1. The average Bonchev–Trinajstić information content (AvgIpc) is 2.90. The van der Waals surface area contributed by atoms with E-state index in [0.717, 1.165) is 14.5 Å². The molecule has 3 rings (SSSR count). The van der Waals surface area contributed by atoms with Crippen LogP contribution in [-0.2, 0) is 0 Å². The molecule has 0 saturated heterocycles. The second kappa shape index (κ2) is 6.42. The highest BCUT2D eigenvalue weighted by atomic mass is 79.9. The molecule has 118 valence electrons. The summed E-state index contributed by atoms with van der Waals surface area (Å²) in [7, 11) is 0.